The Morgan fingerprint density at radius 2 is 2.12 bits per heavy atom. The Labute approximate surface area is 118 Å². The topological polar surface area (TPSA) is 48.7 Å². The number of hydrogen-bond donors (Lipinski definition) is 1. The second-order valence-corrected chi connectivity index (χ2v) is 4.89. The molecular weight excluding hydrogens is 349 g/mol. The average molecular weight is 356 g/mol. The van der Waals surface area contributed by atoms with Gasteiger partial charge in [-0.2, -0.15) is 5.26 Å². The molecule has 0 bridgehead atoms. The second kappa shape index (κ2) is 5.34. The molecule has 2 rings (SSSR count). The van der Waals surface area contributed by atoms with Crippen molar-refractivity contribution in [3.63, 3.8) is 0 Å². The molecule has 0 aliphatic heterocycles. The smallest absolute Gasteiger partial charge is 0.130 e. The molecule has 2 aromatic rings. The quantitative estimate of drug-likeness (QED) is 0.830. The van der Waals surface area contributed by atoms with E-state index < -0.39 is 0 Å². The van der Waals surface area contributed by atoms with Crippen molar-refractivity contribution in [2.75, 3.05) is 5.32 Å². The van der Waals surface area contributed by atoms with E-state index in [0.29, 0.717) is 16.4 Å². The van der Waals surface area contributed by atoms with Crippen LogP contribution in [0.15, 0.2) is 36.5 Å². The summed E-state index contributed by atoms with van der Waals surface area (Å²) in [6.07, 6.45) is 1.53. The van der Waals surface area contributed by atoms with Crippen LogP contribution in [0, 0.1) is 14.9 Å². The molecule has 5 heteroatoms. The predicted octanol–water partition coefficient (Wildman–Crippen LogP) is 3.95. The Bertz CT molecular complexity index is 575. The lowest BCUT2D eigenvalue weighted by molar-refractivity contribution is 1.28. The van der Waals surface area contributed by atoms with Crippen LogP contribution in [0.4, 0.5) is 11.5 Å². The molecule has 1 aromatic heterocycles. The normalized spacial score (nSPS) is 9.71. The van der Waals surface area contributed by atoms with E-state index in [-0.39, 0.29) is 0 Å². The summed E-state index contributed by atoms with van der Waals surface area (Å²) >= 11 is 8.08. The van der Waals surface area contributed by atoms with Gasteiger partial charge < -0.3 is 5.32 Å². The van der Waals surface area contributed by atoms with Crippen LogP contribution < -0.4 is 5.32 Å². The van der Waals surface area contributed by atoms with Crippen LogP contribution in [-0.2, 0) is 0 Å². The molecule has 0 saturated carbocycles. The third-order valence-corrected chi connectivity index (χ3v) is 3.21. The van der Waals surface area contributed by atoms with Gasteiger partial charge in [0.25, 0.3) is 0 Å². The van der Waals surface area contributed by atoms with Gasteiger partial charge in [0.15, 0.2) is 0 Å². The van der Waals surface area contributed by atoms with Crippen molar-refractivity contribution in [1.82, 2.24) is 4.98 Å². The van der Waals surface area contributed by atoms with Crippen LogP contribution in [0.1, 0.15) is 5.56 Å². The maximum atomic E-state index is 8.67. The van der Waals surface area contributed by atoms with Crippen molar-refractivity contribution >= 4 is 45.7 Å². The van der Waals surface area contributed by atoms with Crippen molar-refractivity contribution in [3.8, 4) is 6.07 Å². The summed E-state index contributed by atoms with van der Waals surface area (Å²) < 4.78 is 1.02. The SMILES string of the molecule is N#Cc1ccc(Nc2ccc(Cl)cc2I)nc1. The second-order valence-electron chi connectivity index (χ2n) is 3.29. The number of aromatic nitrogens is 1. The van der Waals surface area contributed by atoms with Crippen LogP contribution in [0.3, 0.4) is 0 Å². The molecule has 0 aliphatic carbocycles. The van der Waals surface area contributed by atoms with E-state index in [9.17, 15) is 0 Å². The number of hydrogen-bond acceptors (Lipinski definition) is 3. The molecule has 0 aliphatic rings. The van der Waals surface area contributed by atoms with Crippen LogP contribution in [0.2, 0.25) is 5.02 Å². The van der Waals surface area contributed by atoms with Gasteiger partial charge in [-0.15, -0.1) is 0 Å². The number of nitrogens with one attached hydrogen (secondary N) is 1. The van der Waals surface area contributed by atoms with Crippen molar-refractivity contribution in [1.29, 1.82) is 5.26 Å². The number of benzene rings is 1. The van der Waals surface area contributed by atoms with Gasteiger partial charge in [-0.05, 0) is 52.9 Å². The largest absolute Gasteiger partial charge is 0.339 e. The molecule has 1 N–H and O–H groups in total. The lowest BCUT2D eigenvalue weighted by Crippen LogP contribution is -1.95. The third-order valence-electron chi connectivity index (χ3n) is 2.09. The molecule has 1 aromatic carbocycles. The Balaban J connectivity index is 2.23. The van der Waals surface area contributed by atoms with Crippen LogP contribution in [-0.4, -0.2) is 4.98 Å². The van der Waals surface area contributed by atoms with Gasteiger partial charge in [-0.1, -0.05) is 11.6 Å². The molecule has 0 unspecified atom stereocenters. The first kappa shape index (κ1) is 12.1. The van der Waals surface area contributed by atoms with Crippen molar-refractivity contribution in [3.05, 3.63) is 50.7 Å². The van der Waals surface area contributed by atoms with E-state index in [1.165, 1.54) is 6.20 Å². The van der Waals surface area contributed by atoms with Crippen molar-refractivity contribution in [2.24, 2.45) is 0 Å². The molecule has 0 fully saturated rings. The molecule has 0 atom stereocenters. The molecule has 1 heterocycles. The highest BCUT2D eigenvalue weighted by Crippen LogP contribution is 2.24. The zero-order valence-electron chi connectivity index (χ0n) is 8.61. The minimum atomic E-state index is 0.543. The van der Waals surface area contributed by atoms with Crippen molar-refractivity contribution < 1.29 is 0 Å². The molecule has 17 heavy (non-hydrogen) atoms. The zero-order chi connectivity index (χ0) is 12.3. The minimum Gasteiger partial charge on any atom is -0.339 e. The molecule has 0 radical (unpaired) electrons. The first-order valence-electron chi connectivity index (χ1n) is 4.77. The molecule has 84 valence electrons. The fourth-order valence-electron chi connectivity index (χ4n) is 1.26. The summed E-state index contributed by atoms with van der Waals surface area (Å²) in [4.78, 5) is 4.14. The number of halogens is 2. The molecule has 3 nitrogen and oxygen atoms in total. The minimum absolute atomic E-state index is 0.543. The summed E-state index contributed by atoms with van der Waals surface area (Å²) in [6, 6.07) is 11.1. The monoisotopic (exact) mass is 355 g/mol. The van der Waals surface area contributed by atoms with Crippen LogP contribution in [0.5, 0.6) is 0 Å². The van der Waals surface area contributed by atoms with Gasteiger partial charge in [0.05, 0.1) is 11.3 Å². The lowest BCUT2D eigenvalue weighted by atomic mass is 10.3. The molecular formula is C12H7ClIN3. The Hall–Kier alpha value is -1.32. The zero-order valence-corrected chi connectivity index (χ0v) is 11.5. The number of pyridine rings is 1. The summed E-state index contributed by atoms with van der Waals surface area (Å²) in [5.41, 5.74) is 1.48. The fourth-order valence-corrected chi connectivity index (χ4v) is 2.27. The van der Waals surface area contributed by atoms with Crippen LogP contribution >= 0.6 is 34.2 Å². The van der Waals surface area contributed by atoms with Crippen LogP contribution in [0.25, 0.3) is 0 Å². The highest BCUT2D eigenvalue weighted by molar-refractivity contribution is 14.1. The number of nitrogens with zero attached hydrogens (tertiary/aromatic N) is 2. The maximum absolute atomic E-state index is 8.67. The summed E-state index contributed by atoms with van der Waals surface area (Å²) in [7, 11) is 0. The predicted molar refractivity (Wildman–Crippen MR) is 76.4 cm³/mol. The van der Waals surface area contributed by atoms with E-state index in [1.807, 2.05) is 24.3 Å². The van der Waals surface area contributed by atoms with E-state index in [1.54, 1.807) is 12.1 Å². The van der Waals surface area contributed by atoms with Gasteiger partial charge in [0, 0.05) is 14.8 Å². The lowest BCUT2D eigenvalue weighted by Gasteiger charge is -2.07. The standard InChI is InChI=1S/C12H7ClIN3/c13-9-2-3-11(10(14)5-9)17-12-4-1-8(6-15)7-16-12/h1-5,7H,(H,16,17). The van der Waals surface area contributed by atoms with E-state index >= 15 is 0 Å². The third kappa shape index (κ3) is 3.08. The molecule has 0 saturated heterocycles. The highest BCUT2D eigenvalue weighted by atomic mass is 127. The first-order valence-corrected chi connectivity index (χ1v) is 6.23. The van der Waals surface area contributed by atoms with E-state index in [0.717, 1.165) is 9.26 Å². The summed E-state index contributed by atoms with van der Waals surface area (Å²) in [6.45, 7) is 0. The summed E-state index contributed by atoms with van der Waals surface area (Å²) in [5, 5.41) is 12.5. The Morgan fingerprint density at radius 1 is 1.29 bits per heavy atom. The fraction of sp³-hybridized carbons (Fsp3) is 0. The van der Waals surface area contributed by atoms with Gasteiger partial charge in [-0.3, -0.25) is 0 Å². The molecule has 0 spiro atoms. The average Bonchev–Trinajstić information content (AvgIpc) is 2.34. The number of anilines is 2. The number of nitriles is 1. The van der Waals surface area contributed by atoms with E-state index in [4.69, 9.17) is 16.9 Å². The van der Waals surface area contributed by atoms with Gasteiger partial charge in [0.1, 0.15) is 11.9 Å². The summed E-state index contributed by atoms with van der Waals surface area (Å²) in [5.74, 6) is 0.698. The first-order chi connectivity index (χ1) is 8.19. The van der Waals surface area contributed by atoms with Gasteiger partial charge in [0.2, 0.25) is 0 Å². The highest BCUT2D eigenvalue weighted by Gasteiger charge is 2.02. The number of rotatable bonds is 2. The maximum Gasteiger partial charge on any atom is 0.130 e. The van der Waals surface area contributed by atoms with Crippen molar-refractivity contribution in [2.45, 2.75) is 0 Å². The van der Waals surface area contributed by atoms with Gasteiger partial charge >= 0.3 is 0 Å². The van der Waals surface area contributed by atoms with Gasteiger partial charge in [-0.25, -0.2) is 4.98 Å². The molecule has 0 amide bonds. The van der Waals surface area contributed by atoms with E-state index in [2.05, 4.69) is 32.9 Å². The Kier molecular flexibility index (Phi) is 3.82. The Morgan fingerprint density at radius 3 is 2.71 bits per heavy atom.